The van der Waals surface area contributed by atoms with E-state index in [0.29, 0.717) is 13.0 Å². The predicted molar refractivity (Wildman–Crippen MR) is 60.2 cm³/mol. The third-order valence-corrected chi connectivity index (χ3v) is 3.48. The van der Waals surface area contributed by atoms with E-state index < -0.39 is 11.6 Å². The molecule has 0 aromatic carbocycles. The number of likely N-dealkylation sites (tertiary alicyclic amines) is 1. The van der Waals surface area contributed by atoms with Crippen LogP contribution >= 0.6 is 11.3 Å². The van der Waals surface area contributed by atoms with Crippen molar-refractivity contribution in [3.63, 3.8) is 0 Å². The fraction of sp³-hybridized carbons (Fsp3) is 0.500. The molecule has 1 aliphatic rings. The molecule has 0 aliphatic carbocycles. The van der Waals surface area contributed by atoms with Gasteiger partial charge in [-0.15, -0.1) is 11.3 Å². The van der Waals surface area contributed by atoms with E-state index in [9.17, 15) is 14.7 Å². The number of β-amino-alcohol motifs (C(OH)–C–C–N with tert-alkyl or cyclic N) is 1. The maximum atomic E-state index is 11.9. The largest absolute Gasteiger partial charge is 0.476 e. The minimum atomic E-state index is -1.14. The van der Waals surface area contributed by atoms with Crippen LogP contribution in [0.25, 0.3) is 0 Å². The number of aromatic carboxylic acids is 1. The quantitative estimate of drug-likeness (QED) is 0.801. The highest BCUT2D eigenvalue weighted by Crippen LogP contribution is 2.23. The SMILES string of the molecule is CC1(O)CCN(C(=O)c2nc(C(=O)O)cs2)C1. The minimum Gasteiger partial charge on any atom is -0.476 e. The highest BCUT2D eigenvalue weighted by molar-refractivity contribution is 7.11. The number of hydrogen-bond acceptors (Lipinski definition) is 5. The maximum absolute atomic E-state index is 11.9. The van der Waals surface area contributed by atoms with Crippen molar-refractivity contribution in [2.24, 2.45) is 0 Å². The number of carbonyl (C=O) groups is 2. The van der Waals surface area contributed by atoms with Gasteiger partial charge in [-0.3, -0.25) is 4.79 Å². The Bertz CT molecular complexity index is 469. The van der Waals surface area contributed by atoms with Crippen molar-refractivity contribution in [1.82, 2.24) is 9.88 Å². The van der Waals surface area contributed by atoms with E-state index in [-0.39, 0.29) is 23.2 Å². The fourth-order valence-electron chi connectivity index (χ4n) is 1.72. The first-order valence-electron chi connectivity index (χ1n) is 5.09. The number of aromatic nitrogens is 1. The molecular weight excluding hydrogens is 244 g/mol. The number of amides is 1. The molecule has 17 heavy (non-hydrogen) atoms. The second-order valence-electron chi connectivity index (χ2n) is 4.32. The van der Waals surface area contributed by atoms with Crippen molar-refractivity contribution < 1.29 is 19.8 Å². The molecule has 0 spiro atoms. The van der Waals surface area contributed by atoms with E-state index in [2.05, 4.69) is 4.98 Å². The third-order valence-electron chi connectivity index (χ3n) is 2.65. The molecule has 2 heterocycles. The van der Waals surface area contributed by atoms with Crippen LogP contribution in [0, 0.1) is 0 Å². The van der Waals surface area contributed by atoms with Gasteiger partial charge >= 0.3 is 5.97 Å². The summed E-state index contributed by atoms with van der Waals surface area (Å²) in [4.78, 5) is 27.8. The number of carbonyl (C=O) groups excluding carboxylic acids is 1. The summed E-state index contributed by atoms with van der Waals surface area (Å²) >= 11 is 1.01. The molecule has 1 aliphatic heterocycles. The molecule has 1 fully saturated rings. The second kappa shape index (κ2) is 4.08. The lowest BCUT2D eigenvalue weighted by atomic mass is 10.1. The molecule has 6 nitrogen and oxygen atoms in total. The normalized spacial score (nSPS) is 24.0. The highest BCUT2D eigenvalue weighted by Gasteiger charge is 2.35. The first-order chi connectivity index (χ1) is 7.89. The molecule has 1 aromatic rings. The van der Waals surface area contributed by atoms with E-state index in [1.165, 1.54) is 10.3 Å². The molecule has 2 rings (SSSR count). The molecule has 92 valence electrons. The molecule has 7 heteroatoms. The third kappa shape index (κ3) is 2.45. The average molecular weight is 256 g/mol. The van der Waals surface area contributed by atoms with Crippen molar-refractivity contribution in [2.75, 3.05) is 13.1 Å². The number of rotatable bonds is 2. The lowest BCUT2D eigenvalue weighted by molar-refractivity contribution is 0.0571. The van der Waals surface area contributed by atoms with E-state index in [4.69, 9.17) is 5.11 Å². The van der Waals surface area contributed by atoms with Crippen molar-refractivity contribution in [1.29, 1.82) is 0 Å². The summed E-state index contributed by atoms with van der Waals surface area (Å²) < 4.78 is 0. The molecule has 1 aromatic heterocycles. The molecular formula is C10H12N2O4S. The van der Waals surface area contributed by atoms with E-state index in [0.717, 1.165) is 11.3 Å². The fourth-order valence-corrected chi connectivity index (χ4v) is 2.48. The van der Waals surface area contributed by atoms with Crippen molar-refractivity contribution >= 4 is 23.2 Å². The Kier molecular flexibility index (Phi) is 2.88. The van der Waals surface area contributed by atoms with Gasteiger partial charge in [0.2, 0.25) is 0 Å². The second-order valence-corrected chi connectivity index (χ2v) is 5.17. The Morgan fingerprint density at radius 1 is 1.59 bits per heavy atom. The monoisotopic (exact) mass is 256 g/mol. The van der Waals surface area contributed by atoms with E-state index in [1.54, 1.807) is 6.92 Å². The Morgan fingerprint density at radius 2 is 2.29 bits per heavy atom. The smallest absolute Gasteiger partial charge is 0.355 e. The van der Waals surface area contributed by atoms with Crippen LogP contribution in [-0.4, -0.2) is 50.7 Å². The van der Waals surface area contributed by atoms with Gasteiger partial charge in [-0.2, -0.15) is 0 Å². The number of hydrogen-bond donors (Lipinski definition) is 2. The number of thiazole rings is 1. The zero-order chi connectivity index (χ0) is 12.6. The molecule has 2 N–H and O–H groups in total. The van der Waals surface area contributed by atoms with Gasteiger partial charge in [0.15, 0.2) is 10.7 Å². The lowest BCUT2D eigenvalue weighted by Crippen LogP contribution is -2.33. The number of aliphatic hydroxyl groups is 1. The van der Waals surface area contributed by atoms with Crippen molar-refractivity contribution in [2.45, 2.75) is 18.9 Å². The zero-order valence-electron chi connectivity index (χ0n) is 9.21. The summed E-state index contributed by atoms with van der Waals surface area (Å²) in [7, 11) is 0. The van der Waals surface area contributed by atoms with Crippen LogP contribution in [0.15, 0.2) is 5.38 Å². The Labute approximate surface area is 102 Å². The first kappa shape index (κ1) is 12.0. The lowest BCUT2D eigenvalue weighted by Gasteiger charge is -2.17. The van der Waals surface area contributed by atoms with E-state index in [1.807, 2.05) is 0 Å². The Balaban J connectivity index is 2.12. The van der Waals surface area contributed by atoms with Crippen LogP contribution in [0.1, 0.15) is 33.6 Å². The summed E-state index contributed by atoms with van der Waals surface area (Å²) in [5.41, 5.74) is -0.980. The van der Waals surface area contributed by atoms with Crippen molar-refractivity contribution in [3.05, 3.63) is 16.1 Å². The molecule has 0 radical (unpaired) electrons. The molecule has 0 bridgehead atoms. The number of carboxylic acid groups (broad SMARTS) is 1. The van der Waals surface area contributed by atoms with Gasteiger partial charge in [0.05, 0.1) is 5.60 Å². The van der Waals surface area contributed by atoms with Crippen LogP contribution in [0.3, 0.4) is 0 Å². The van der Waals surface area contributed by atoms with Crippen LogP contribution in [0.4, 0.5) is 0 Å². The molecule has 1 unspecified atom stereocenters. The minimum absolute atomic E-state index is 0.121. The maximum Gasteiger partial charge on any atom is 0.355 e. The number of nitrogens with zero attached hydrogens (tertiary/aromatic N) is 2. The highest BCUT2D eigenvalue weighted by atomic mass is 32.1. The van der Waals surface area contributed by atoms with Gasteiger partial charge in [-0.25, -0.2) is 9.78 Å². The van der Waals surface area contributed by atoms with Gasteiger partial charge in [-0.05, 0) is 13.3 Å². The molecule has 1 saturated heterocycles. The Hall–Kier alpha value is -1.47. The first-order valence-corrected chi connectivity index (χ1v) is 5.97. The topological polar surface area (TPSA) is 90.7 Å². The molecule has 0 saturated carbocycles. The van der Waals surface area contributed by atoms with Gasteiger partial charge < -0.3 is 15.1 Å². The summed E-state index contributed by atoms with van der Waals surface area (Å²) in [5.74, 6) is -1.46. The predicted octanol–water partition coefficient (Wildman–Crippen LogP) is 0.438. The summed E-state index contributed by atoms with van der Waals surface area (Å²) in [5, 5.41) is 19.9. The van der Waals surface area contributed by atoms with Crippen LogP contribution in [0.5, 0.6) is 0 Å². The van der Waals surface area contributed by atoms with Gasteiger partial charge in [0.1, 0.15) is 0 Å². The summed E-state index contributed by atoms with van der Waals surface area (Å²) in [6.45, 7) is 2.40. The standard InChI is InChI=1S/C10H12N2O4S/c1-10(16)2-3-12(5-10)8(13)7-11-6(4-17-7)9(14)15/h4,16H,2-3,5H2,1H3,(H,14,15). The molecule has 1 amide bonds. The van der Waals surface area contributed by atoms with Gasteiger partial charge in [0, 0.05) is 18.5 Å². The summed E-state index contributed by atoms with van der Waals surface area (Å²) in [6.07, 6.45) is 0.524. The van der Waals surface area contributed by atoms with Crippen LogP contribution in [0.2, 0.25) is 0 Å². The van der Waals surface area contributed by atoms with Crippen LogP contribution in [-0.2, 0) is 0 Å². The molecule has 1 atom stereocenters. The number of carboxylic acids is 1. The summed E-state index contributed by atoms with van der Waals surface area (Å²) in [6, 6.07) is 0. The Morgan fingerprint density at radius 3 is 2.76 bits per heavy atom. The van der Waals surface area contributed by atoms with Gasteiger partial charge in [-0.1, -0.05) is 0 Å². The van der Waals surface area contributed by atoms with Crippen molar-refractivity contribution in [3.8, 4) is 0 Å². The van der Waals surface area contributed by atoms with Crippen LogP contribution < -0.4 is 0 Å². The van der Waals surface area contributed by atoms with E-state index >= 15 is 0 Å². The van der Waals surface area contributed by atoms with Gasteiger partial charge in [0.25, 0.3) is 5.91 Å². The zero-order valence-corrected chi connectivity index (χ0v) is 10.0. The average Bonchev–Trinajstić information content (AvgIpc) is 2.83.